The first-order valence-corrected chi connectivity index (χ1v) is 7.47. The molecular weight excluding hydrogens is 304 g/mol. The lowest BCUT2D eigenvalue weighted by molar-refractivity contribution is 0.0701. The summed E-state index contributed by atoms with van der Waals surface area (Å²) in [6.45, 7) is 0.643. The lowest BCUT2D eigenvalue weighted by Gasteiger charge is -2.16. The van der Waals surface area contributed by atoms with Crippen LogP contribution >= 0.6 is 11.3 Å². The van der Waals surface area contributed by atoms with Gasteiger partial charge in [0.2, 0.25) is 0 Å². The zero-order valence-electron chi connectivity index (χ0n) is 12.1. The Kier molecular flexibility index (Phi) is 5.48. The molecule has 0 fully saturated rings. The van der Waals surface area contributed by atoms with Crippen LogP contribution in [0.3, 0.4) is 0 Å². The Bertz CT molecular complexity index is 642. The summed E-state index contributed by atoms with van der Waals surface area (Å²) in [5.74, 6) is -0.987. The molecule has 0 unspecified atom stereocenters. The normalized spacial score (nSPS) is 10.2. The van der Waals surface area contributed by atoms with Gasteiger partial charge in [0.1, 0.15) is 11.5 Å². The van der Waals surface area contributed by atoms with E-state index in [2.05, 4.69) is 4.98 Å². The molecule has 0 spiro atoms. The molecule has 1 N–H and O–H groups in total. The number of rotatable bonds is 6. The van der Waals surface area contributed by atoms with Gasteiger partial charge in [0.25, 0.3) is 0 Å². The molecule has 0 aliphatic rings. The number of aromatic nitrogens is 1. The number of hydrogen-bond acceptors (Lipinski definition) is 5. The van der Waals surface area contributed by atoms with Crippen LogP contribution in [0.4, 0.5) is 4.79 Å². The molecule has 1 amide bonds. The number of likely N-dealkylation sites (N-methyl/N-ethyl adjacent to an activating group) is 1. The molecule has 0 aliphatic heterocycles. The summed E-state index contributed by atoms with van der Waals surface area (Å²) in [5, 5.41) is 9.51. The standard InChI is InChI=1S/C15H16N2O4S/c1-17(8-7-13-16-9-12(22-13)14(18)19)15(20)21-10-11-5-3-2-4-6-11/h2-6,9H,7-8,10H2,1H3,(H,18,19). The summed E-state index contributed by atoms with van der Waals surface area (Å²) < 4.78 is 5.20. The van der Waals surface area contributed by atoms with Gasteiger partial charge in [-0.25, -0.2) is 14.6 Å². The van der Waals surface area contributed by atoms with Gasteiger partial charge >= 0.3 is 12.1 Å². The van der Waals surface area contributed by atoms with E-state index in [0.29, 0.717) is 18.0 Å². The highest BCUT2D eigenvalue weighted by Crippen LogP contribution is 2.13. The van der Waals surface area contributed by atoms with E-state index in [1.807, 2.05) is 30.3 Å². The fourth-order valence-corrected chi connectivity index (χ4v) is 2.45. The predicted octanol–water partition coefficient (Wildman–Crippen LogP) is 2.65. The summed E-state index contributed by atoms with van der Waals surface area (Å²) in [5.41, 5.74) is 0.926. The highest BCUT2D eigenvalue weighted by Gasteiger charge is 2.13. The second-order valence-electron chi connectivity index (χ2n) is 4.64. The van der Waals surface area contributed by atoms with Gasteiger partial charge in [-0.1, -0.05) is 30.3 Å². The molecule has 2 rings (SSSR count). The maximum Gasteiger partial charge on any atom is 0.409 e. The largest absolute Gasteiger partial charge is 0.477 e. The first kappa shape index (κ1) is 16.0. The van der Waals surface area contributed by atoms with Crippen molar-refractivity contribution in [1.82, 2.24) is 9.88 Å². The van der Waals surface area contributed by atoms with Gasteiger partial charge in [0.15, 0.2) is 0 Å². The Hall–Kier alpha value is -2.41. The Morgan fingerprint density at radius 2 is 2.05 bits per heavy atom. The van der Waals surface area contributed by atoms with E-state index in [1.54, 1.807) is 7.05 Å². The number of nitrogens with zero attached hydrogens (tertiary/aromatic N) is 2. The van der Waals surface area contributed by atoms with Gasteiger partial charge in [-0.05, 0) is 5.56 Å². The SMILES string of the molecule is CN(CCc1ncc(C(=O)O)s1)C(=O)OCc1ccccc1. The number of hydrogen-bond donors (Lipinski definition) is 1. The minimum absolute atomic E-state index is 0.198. The molecule has 0 saturated heterocycles. The molecule has 1 aromatic carbocycles. The fraction of sp³-hybridized carbons (Fsp3) is 0.267. The summed E-state index contributed by atoms with van der Waals surface area (Å²) >= 11 is 1.12. The van der Waals surface area contributed by atoms with Crippen LogP contribution < -0.4 is 0 Å². The van der Waals surface area contributed by atoms with Crippen molar-refractivity contribution >= 4 is 23.4 Å². The minimum Gasteiger partial charge on any atom is -0.477 e. The highest BCUT2D eigenvalue weighted by atomic mass is 32.1. The van der Waals surface area contributed by atoms with Crippen molar-refractivity contribution in [2.75, 3.05) is 13.6 Å². The Morgan fingerprint density at radius 1 is 1.32 bits per heavy atom. The van der Waals surface area contributed by atoms with Crippen molar-refractivity contribution in [2.24, 2.45) is 0 Å². The zero-order valence-corrected chi connectivity index (χ0v) is 12.9. The fourth-order valence-electron chi connectivity index (χ4n) is 1.71. The Labute approximate surface area is 132 Å². The number of carbonyl (C=O) groups is 2. The van der Waals surface area contributed by atoms with Gasteiger partial charge in [0, 0.05) is 20.0 Å². The number of thiazole rings is 1. The van der Waals surface area contributed by atoms with E-state index in [9.17, 15) is 9.59 Å². The topological polar surface area (TPSA) is 79.7 Å². The van der Waals surface area contributed by atoms with E-state index in [-0.39, 0.29) is 11.5 Å². The number of amides is 1. The van der Waals surface area contributed by atoms with Gasteiger partial charge in [-0.3, -0.25) is 0 Å². The van der Waals surface area contributed by atoms with Gasteiger partial charge in [0.05, 0.1) is 11.2 Å². The molecule has 7 heteroatoms. The molecule has 0 radical (unpaired) electrons. The molecule has 1 aromatic heterocycles. The van der Waals surface area contributed by atoms with Crippen molar-refractivity contribution in [3.8, 4) is 0 Å². The third-order valence-electron chi connectivity index (χ3n) is 2.94. The van der Waals surface area contributed by atoms with Crippen LogP contribution in [0.25, 0.3) is 0 Å². The Balaban J connectivity index is 1.77. The van der Waals surface area contributed by atoms with Gasteiger partial charge in [-0.2, -0.15) is 0 Å². The number of carboxylic acids is 1. The van der Waals surface area contributed by atoms with Gasteiger partial charge in [-0.15, -0.1) is 11.3 Å². The number of ether oxygens (including phenoxy) is 1. The van der Waals surface area contributed by atoms with Crippen LogP contribution in [-0.2, 0) is 17.8 Å². The van der Waals surface area contributed by atoms with Crippen LogP contribution in [0.15, 0.2) is 36.5 Å². The molecule has 0 atom stereocenters. The maximum absolute atomic E-state index is 11.8. The maximum atomic E-state index is 11.8. The monoisotopic (exact) mass is 320 g/mol. The van der Waals surface area contributed by atoms with E-state index < -0.39 is 12.1 Å². The second-order valence-corrected chi connectivity index (χ2v) is 5.75. The first-order valence-electron chi connectivity index (χ1n) is 6.66. The van der Waals surface area contributed by atoms with Crippen LogP contribution in [0, 0.1) is 0 Å². The summed E-state index contributed by atoms with van der Waals surface area (Å²) in [6, 6.07) is 9.44. The van der Waals surface area contributed by atoms with E-state index in [0.717, 1.165) is 16.9 Å². The van der Waals surface area contributed by atoms with E-state index >= 15 is 0 Å². The van der Waals surface area contributed by atoms with Crippen molar-refractivity contribution < 1.29 is 19.4 Å². The van der Waals surface area contributed by atoms with Crippen molar-refractivity contribution in [1.29, 1.82) is 0 Å². The molecule has 2 aromatic rings. The molecule has 0 saturated carbocycles. The molecule has 6 nitrogen and oxygen atoms in total. The van der Waals surface area contributed by atoms with Crippen molar-refractivity contribution in [2.45, 2.75) is 13.0 Å². The van der Waals surface area contributed by atoms with Crippen molar-refractivity contribution in [3.63, 3.8) is 0 Å². The number of carbonyl (C=O) groups excluding carboxylic acids is 1. The lowest BCUT2D eigenvalue weighted by Crippen LogP contribution is -2.29. The van der Waals surface area contributed by atoms with Crippen LogP contribution in [0.2, 0.25) is 0 Å². The van der Waals surface area contributed by atoms with Crippen LogP contribution in [0.5, 0.6) is 0 Å². The van der Waals surface area contributed by atoms with Crippen molar-refractivity contribution in [3.05, 3.63) is 52.0 Å². The van der Waals surface area contributed by atoms with Crippen LogP contribution in [0.1, 0.15) is 20.2 Å². The average Bonchev–Trinajstić information content (AvgIpc) is 3.00. The van der Waals surface area contributed by atoms with E-state index in [4.69, 9.17) is 9.84 Å². The number of carboxylic acid groups (broad SMARTS) is 1. The molecular formula is C15H16N2O4S. The van der Waals surface area contributed by atoms with Crippen LogP contribution in [-0.4, -0.2) is 40.6 Å². The molecule has 116 valence electrons. The molecule has 1 heterocycles. The molecule has 0 aliphatic carbocycles. The van der Waals surface area contributed by atoms with E-state index in [1.165, 1.54) is 11.1 Å². The highest BCUT2D eigenvalue weighted by molar-refractivity contribution is 7.13. The third kappa shape index (κ3) is 4.56. The number of aromatic carboxylic acids is 1. The quantitative estimate of drug-likeness (QED) is 0.885. The Morgan fingerprint density at radius 3 is 2.68 bits per heavy atom. The predicted molar refractivity (Wildman–Crippen MR) is 82.0 cm³/mol. The summed E-state index contributed by atoms with van der Waals surface area (Å²) in [6.07, 6.45) is 1.41. The number of benzene rings is 1. The average molecular weight is 320 g/mol. The first-order chi connectivity index (χ1) is 10.6. The molecule has 22 heavy (non-hydrogen) atoms. The molecule has 0 bridgehead atoms. The summed E-state index contributed by atoms with van der Waals surface area (Å²) in [7, 11) is 1.64. The smallest absolute Gasteiger partial charge is 0.409 e. The lowest BCUT2D eigenvalue weighted by atomic mass is 10.2. The van der Waals surface area contributed by atoms with Gasteiger partial charge < -0.3 is 14.7 Å². The minimum atomic E-state index is -0.987. The second kappa shape index (κ2) is 7.56. The zero-order chi connectivity index (χ0) is 15.9. The summed E-state index contributed by atoms with van der Waals surface area (Å²) in [4.78, 5) is 28.3. The third-order valence-corrected chi connectivity index (χ3v) is 3.99.